The van der Waals surface area contributed by atoms with Gasteiger partial charge in [0, 0.05) is 56.0 Å². The Bertz CT molecular complexity index is 1000. The molecule has 1 aromatic heterocycles. The van der Waals surface area contributed by atoms with Gasteiger partial charge >= 0.3 is 12.3 Å². The molecule has 9 heteroatoms. The second-order valence-corrected chi connectivity index (χ2v) is 9.70. The van der Waals surface area contributed by atoms with Crippen LogP contribution in [0.1, 0.15) is 50.4 Å². The summed E-state index contributed by atoms with van der Waals surface area (Å²) in [6.45, 7) is 8.57. The lowest BCUT2D eigenvalue weighted by Gasteiger charge is -2.34. The predicted octanol–water partition coefficient (Wildman–Crippen LogP) is 4.92. The minimum absolute atomic E-state index is 0.119. The number of amides is 1. The van der Waals surface area contributed by atoms with Crippen molar-refractivity contribution in [3.63, 3.8) is 0 Å². The number of ether oxygens (including phenoxy) is 1. The van der Waals surface area contributed by atoms with Gasteiger partial charge in [0.15, 0.2) is 5.82 Å². The van der Waals surface area contributed by atoms with Crippen LogP contribution in [0.4, 0.5) is 18.0 Å². The molecule has 2 aliphatic rings. The first-order valence-corrected chi connectivity index (χ1v) is 11.2. The molecule has 6 nitrogen and oxygen atoms in total. The first-order valence-electron chi connectivity index (χ1n) is 11.2. The molecule has 178 valence electrons. The van der Waals surface area contributed by atoms with E-state index in [0.717, 1.165) is 55.7 Å². The lowest BCUT2D eigenvalue weighted by molar-refractivity contribution is -0.137. The van der Waals surface area contributed by atoms with Gasteiger partial charge in [0.2, 0.25) is 0 Å². The van der Waals surface area contributed by atoms with Gasteiger partial charge < -0.3 is 9.64 Å². The molecule has 2 aromatic rings. The third kappa shape index (κ3) is 5.63. The smallest absolute Gasteiger partial charge is 0.416 e. The molecule has 1 fully saturated rings. The average Bonchev–Trinajstić information content (AvgIpc) is 3.20. The number of carbonyl (C=O) groups excluding carboxylic acids is 1. The van der Waals surface area contributed by atoms with E-state index in [9.17, 15) is 18.0 Å². The van der Waals surface area contributed by atoms with Crippen molar-refractivity contribution in [2.45, 2.75) is 64.4 Å². The van der Waals surface area contributed by atoms with Crippen molar-refractivity contribution in [1.29, 1.82) is 0 Å². The third-order valence-electron chi connectivity index (χ3n) is 5.96. The summed E-state index contributed by atoms with van der Waals surface area (Å²) < 4.78 is 44.0. The summed E-state index contributed by atoms with van der Waals surface area (Å²) in [4.78, 5) is 25.7. The molecule has 1 saturated heterocycles. The summed E-state index contributed by atoms with van der Waals surface area (Å²) >= 11 is 0. The zero-order chi connectivity index (χ0) is 23.8. The number of alkyl halides is 3. The van der Waals surface area contributed by atoms with Crippen LogP contribution in [0.5, 0.6) is 0 Å². The molecule has 33 heavy (non-hydrogen) atoms. The van der Waals surface area contributed by atoms with E-state index in [2.05, 4.69) is 14.9 Å². The van der Waals surface area contributed by atoms with Gasteiger partial charge in [-0.3, -0.25) is 4.90 Å². The zero-order valence-corrected chi connectivity index (χ0v) is 19.2. The highest BCUT2D eigenvalue weighted by molar-refractivity contribution is 5.69. The molecular formula is C24H29F3N4O2. The standard InChI is InChI=1S/C24H29F3N4O2/c1-23(2,3)33-22(32)31-11-4-5-19(31)15-30-12-10-20-17(14-30)13-28-21(29-20)16-6-8-18(9-7-16)24(25,26)27/h6-9,13,19H,4-5,10-12,14-15H2,1-3H3. The Balaban J connectivity index is 1.41. The molecular weight excluding hydrogens is 433 g/mol. The minimum Gasteiger partial charge on any atom is -0.444 e. The van der Waals surface area contributed by atoms with Crippen molar-refractivity contribution in [3.05, 3.63) is 47.3 Å². The summed E-state index contributed by atoms with van der Waals surface area (Å²) in [5.74, 6) is 0.433. The number of aromatic nitrogens is 2. The van der Waals surface area contributed by atoms with E-state index in [1.54, 1.807) is 6.20 Å². The summed E-state index contributed by atoms with van der Waals surface area (Å²) in [5.41, 5.74) is 1.29. The molecule has 0 aliphatic carbocycles. The molecule has 0 radical (unpaired) electrons. The Morgan fingerprint density at radius 1 is 1.15 bits per heavy atom. The molecule has 3 heterocycles. The fraction of sp³-hybridized carbons (Fsp3) is 0.542. The van der Waals surface area contributed by atoms with Gasteiger partial charge in [0.1, 0.15) is 5.60 Å². The lowest BCUT2D eigenvalue weighted by Crippen LogP contribution is -2.46. The number of rotatable bonds is 3. The Labute approximate surface area is 191 Å². The number of hydrogen-bond acceptors (Lipinski definition) is 5. The second kappa shape index (κ2) is 8.93. The van der Waals surface area contributed by atoms with E-state index in [1.165, 1.54) is 12.1 Å². The van der Waals surface area contributed by atoms with E-state index in [1.807, 2.05) is 25.7 Å². The number of nitrogens with zero attached hydrogens (tertiary/aromatic N) is 4. The van der Waals surface area contributed by atoms with Crippen LogP contribution in [0.2, 0.25) is 0 Å². The predicted molar refractivity (Wildman–Crippen MR) is 117 cm³/mol. The molecule has 1 amide bonds. The molecule has 4 rings (SSSR count). The highest BCUT2D eigenvalue weighted by atomic mass is 19.4. The van der Waals surface area contributed by atoms with Crippen LogP contribution in [0.15, 0.2) is 30.5 Å². The first kappa shape index (κ1) is 23.5. The Morgan fingerprint density at radius 3 is 2.55 bits per heavy atom. The van der Waals surface area contributed by atoms with Crippen LogP contribution in [0.3, 0.4) is 0 Å². The van der Waals surface area contributed by atoms with E-state index in [-0.39, 0.29) is 12.1 Å². The van der Waals surface area contributed by atoms with E-state index in [0.29, 0.717) is 24.5 Å². The van der Waals surface area contributed by atoms with Gasteiger partial charge in [-0.05, 0) is 45.7 Å². The van der Waals surface area contributed by atoms with Crippen LogP contribution in [0.25, 0.3) is 11.4 Å². The summed E-state index contributed by atoms with van der Waals surface area (Å²) in [5, 5.41) is 0. The van der Waals surface area contributed by atoms with Crippen LogP contribution in [0, 0.1) is 0 Å². The lowest BCUT2D eigenvalue weighted by atomic mass is 10.0. The Morgan fingerprint density at radius 2 is 1.88 bits per heavy atom. The molecule has 0 N–H and O–H groups in total. The third-order valence-corrected chi connectivity index (χ3v) is 5.96. The quantitative estimate of drug-likeness (QED) is 0.648. The molecule has 2 aliphatic heterocycles. The van der Waals surface area contributed by atoms with Gasteiger partial charge in [0.25, 0.3) is 0 Å². The van der Waals surface area contributed by atoms with Crippen LogP contribution >= 0.6 is 0 Å². The first-order chi connectivity index (χ1) is 15.5. The SMILES string of the molecule is CC(C)(C)OC(=O)N1CCCC1CN1CCc2nc(-c3ccc(C(F)(F)F)cc3)ncc2C1. The fourth-order valence-electron chi connectivity index (χ4n) is 4.36. The zero-order valence-electron chi connectivity index (χ0n) is 19.2. The van der Waals surface area contributed by atoms with Gasteiger partial charge in [-0.25, -0.2) is 14.8 Å². The van der Waals surface area contributed by atoms with Crippen molar-refractivity contribution in [2.75, 3.05) is 19.6 Å². The maximum absolute atomic E-state index is 12.8. The topological polar surface area (TPSA) is 58.6 Å². The fourth-order valence-corrected chi connectivity index (χ4v) is 4.36. The average molecular weight is 463 g/mol. The largest absolute Gasteiger partial charge is 0.444 e. The number of halogens is 3. The molecule has 1 aromatic carbocycles. The molecule has 1 unspecified atom stereocenters. The van der Waals surface area contributed by atoms with Crippen LogP contribution < -0.4 is 0 Å². The van der Waals surface area contributed by atoms with E-state index in [4.69, 9.17) is 4.74 Å². The van der Waals surface area contributed by atoms with Crippen molar-refractivity contribution >= 4 is 6.09 Å². The summed E-state index contributed by atoms with van der Waals surface area (Å²) in [6.07, 6.45) is -0.212. The molecule has 0 saturated carbocycles. The van der Waals surface area contributed by atoms with Crippen molar-refractivity contribution in [2.24, 2.45) is 0 Å². The van der Waals surface area contributed by atoms with Crippen molar-refractivity contribution in [1.82, 2.24) is 19.8 Å². The molecule has 0 spiro atoms. The van der Waals surface area contributed by atoms with E-state index < -0.39 is 17.3 Å². The maximum Gasteiger partial charge on any atom is 0.416 e. The number of hydrogen-bond donors (Lipinski definition) is 0. The Kier molecular flexibility index (Phi) is 6.35. The second-order valence-electron chi connectivity index (χ2n) is 9.70. The highest BCUT2D eigenvalue weighted by Crippen LogP contribution is 2.31. The van der Waals surface area contributed by atoms with Gasteiger partial charge in [0.05, 0.1) is 11.3 Å². The summed E-state index contributed by atoms with van der Waals surface area (Å²) in [7, 11) is 0. The number of carbonyl (C=O) groups is 1. The van der Waals surface area contributed by atoms with Gasteiger partial charge in [-0.2, -0.15) is 13.2 Å². The van der Waals surface area contributed by atoms with Crippen LogP contribution in [-0.4, -0.2) is 57.1 Å². The monoisotopic (exact) mass is 462 g/mol. The van der Waals surface area contributed by atoms with E-state index >= 15 is 0 Å². The van der Waals surface area contributed by atoms with Gasteiger partial charge in [-0.15, -0.1) is 0 Å². The number of likely N-dealkylation sites (tertiary alicyclic amines) is 1. The highest BCUT2D eigenvalue weighted by Gasteiger charge is 2.34. The maximum atomic E-state index is 12.8. The van der Waals surface area contributed by atoms with Crippen molar-refractivity contribution < 1.29 is 22.7 Å². The number of benzene rings is 1. The van der Waals surface area contributed by atoms with Crippen LogP contribution in [-0.2, 0) is 23.9 Å². The normalized spacial score (nSPS) is 19.5. The van der Waals surface area contributed by atoms with Gasteiger partial charge in [-0.1, -0.05) is 12.1 Å². The molecule has 0 bridgehead atoms. The van der Waals surface area contributed by atoms with Crippen molar-refractivity contribution in [3.8, 4) is 11.4 Å². The summed E-state index contributed by atoms with van der Waals surface area (Å²) in [6, 6.07) is 5.04. The minimum atomic E-state index is -4.36. The Hall–Kier alpha value is -2.68. The number of fused-ring (bicyclic) bond motifs is 1. The molecule has 1 atom stereocenters.